The molecule has 2 saturated carbocycles. The average molecular weight is 890 g/mol. The molecule has 3 fully saturated rings. The van der Waals surface area contributed by atoms with Gasteiger partial charge in [0.25, 0.3) is 11.8 Å². The van der Waals surface area contributed by atoms with Gasteiger partial charge < -0.3 is 25.0 Å². The van der Waals surface area contributed by atoms with Gasteiger partial charge in [0.1, 0.15) is 35.3 Å². The smallest absolute Gasteiger partial charge is 0.472 e. The van der Waals surface area contributed by atoms with E-state index in [2.05, 4.69) is 25.1 Å². The number of halogens is 5. The third-order valence-electron chi connectivity index (χ3n) is 11.8. The number of aromatic nitrogens is 1. The fraction of sp³-hybridized carbons (Fsp3) is 0.439. The summed E-state index contributed by atoms with van der Waals surface area (Å²) in [6, 6.07) is 6.93. The molecule has 8 rings (SSSR count). The Balaban J connectivity index is 1.15. The lowest BCUT2D eigenvalue weighted by Gasteiger charge is -2.30. The Bertz CT molecular complexity index is 2580. The van der Waals surface area contributed by atoms with Crippen LogP contribution in [0.2, 0.25) is 0 Å². The molecule has 0 unspecified atom stereocenters. The number of hydrogen-bond acceptors (Lipinski definition) is 10. The number of benzene rings is 2. The maximum atomic E-state index is 14.6. The molecule has 61 heavy (non-hydrogen) atoms. The monoisotopic (exact) mass is 889 g/mol. The number of carbonyl (C=O) groups is 4. The molecule has 5 atom stereocenters. The molecule has 0 bridgehead atoms. The molecule has 4 aromatic rings. The Hall–Kier alpha value is -5.37. The fourth-order valence-electron chi connectivity index (χ4n) is 7.99. The zero-order chi connectivity index (χ0) is 43.5. The van der Waals surface area contributed by atoms with E-state index in [1.807, 2.05) is 6.08 Å². The van der Waals surface area contributed by atoms with Crippen molar-refractivity contribution in [3.63, 3.8) is 0 Å². The lowest BCUT2D eigenvalue weighted by Crippen LogP contribution is -2.58. The van der Waals surface area contributed by atoms with Crippen LogP contribution in [-0.2, 0) is 24.4 Å². The Morgan fingerprint density at radius 3 is 2.49 bits per heavy atom. The Morgan fingerprint density at radius 2 is 1.77 bits per heavy atom. The van der Waals surface area contributed by atoms with Crippen LogP contribution >= 0.6 is 11.3 Å². The van der Waals surface area contributed by atoms with Crippen molar-refractivity contribution in [2.24, 2.45) is 5.92 Å². The molecule has 2 aliphatic heterocycles. The van der Waals surface area contributed by atoms with E-state index in [1.54, 1.807) is 6.08 Å². The first-order valence-electron chi connectivity index (χ1n) is 19.7. The van der Waals surface area contributed by atoms with Crippen LogP contribution in [0.25, 0.3) is 21.7 Å². The standard InChI is InChI=1S/C41H40F5N5O8S2/c1-39(15-16-39)61(56,57)50-38(55)40-20-22(40)7-5-3-2-4-6-8-29(47-35(53)32-13-14-33(43)60-32)37(54)51-21-25(19-31(51)34(52)49-40)58-36-28-18-24(59-41(44,45)46)10-12-26(28)27-11-9-23(42)17-30(27)48-36/h5,7,9-14,17-18,22,25,29,31H,2-4,6,8,15-16,19-21H2,1H3,(H,47,53)(H,49,52)(H,50,55)/b7-5-/t22-,25-,29+,31+,40-/m1/s1. The van der Waals surface area contributed by atoms with Gasteiger partial charge in [0.2, 0.25) is 27.7 Å². The van der Waals surface area contributed by atoms with E-state index in [0.717, 1.165) is 30.3 Å². The molecule has 324 valence electrons. The van der Waals surface area contributed by atoms with Crippen LogP contribution in [0.3, 0.4) is 0 Å². The highest BCUT2D eigenvalue weighted by atomic mass is 32.2. The zero-order valence-corrected chi connectivity index (χ0v) is 34.2. The van der Waals surface area contributed by atoms with Gasteiger partial charge in [-0.05, 0) is 93.3 Å². The molecular weight excluding hydrogens is 850 g/mol. The normalized spacial score (nSPS) is 26.0. The second kappa shape index (κ2) is 15.8. The van der Waals surface area contributed by atoms with E-state index in [1.165, 1.54) is 30.0 Å². The Morgan fingerprint density at radius 1 is 1.00 bits per heavy atom. The number of pyridine rings is 1. The second-order valence-electron chi connectivity index (χ2n) is 16.2. The summed E-state index contributed by atoms with van der Waals surface area (Å²) < 4.78 is 106. The summed E-state index contributed by atoms with van der Waals surface area (Å²) >= 11 is 0.582. The van der Waals surface area contributed by atoms with Crippen LogP contribution in [0.15, 0.2) is 60.7 Å². The first kappa shape index (κ1) is 42.3. The summed E-state index contributed by atoms with van der Waals surface area (Å²) in [5.41, 5.74) is -1.59. The number of hydrogen-bond donors (Lipinski definition) is 3. The molecule has 2 aromatic heterocycles. The van der Waals surface area contributed by atoms with Crippen LogP contribution in [0.1, 0.15) is 74.4 Å². The number of thiophene rings is 1. The SMILES string of the molecule is CC1(S(=O)(=O)NC(=O)[C@@]23C[C@H]2/C=C\CCCCC[C@H](NC(=O)c2ccc(F)s2)C(=O)N2C[C@H](Oc4nc5cc(F)ccc5c5ccc(OC(F)(F)F)cc45)C[C@H]2C(=O)N3)CC1. The summed E-state index contributed by atoms with van der Waals surface area (Å²) in [5, 5.41) is 5.59. The molecule has 0 radical (unpaired) electrons. The Kier molecular flexibility index (Phi) is 11.0. The molecule has 1 saturated heterocycles. The summed E-state index contributed by atoms with van der Waals surface area (Å²) in [5.74, 6) is -5.28. The van der Waals surface area contributed by atoms with Gasteiger partial charge in [0.15, 0.2) is 5.13 Å². The van der Waals surface area contributed by atoms with Crippen molar-refractivity contribution in [1.82, 2.24) is 25.2 Å². The topological polar surface area (TPSA) is 173 Å². The minimum atomic E-state index is -5.04. The number of alkyl halides is 3. The minimum Gasteiger partial charge on any atom is -0.472 e. The molecule has 0 spiro atoms. The summed E-state index contributed by atoms with van der Waals surface area (Å²) in [4.78, 5) is 62.0. The molecule has 13 nitrogen and oxygen atoms in total. The highest BCUT2D eigenvalue weighted by Gasteiger charge is 2.63. The number of ether oxygens (including phenoxy) is 2. The van der Waals surface area contributed by atoms with Crippen LogP contribution in [0, 0.1) is 16.9 Å². The maximum absolute atomic E-state index is 14.6. The van der Waals surface area contributed by atoms with Gasteiger partial charge in [-0.25, -0.2) is 17.8 Å². The largest absolute Gasteiger partial charge is 0.573 e. The van der Waals surface area contributed by atoms with Gasteiger partial charge in [0.05, 0.1) is 21.7 Å². The number of allylic oxidation sites excluding steroid dienone is 1. The van der Waals surface area contributed by atoms with E-state index in [-0.39, 0.29) is 47.5 Å². The van der Waals surface area contributed by atoms with Crippen molar-refractivity contribution in [3.05, 3.63) is 76.5 Å². The molecule has 3 N–H and O–H groups in total. The minimum absolute atomic E-state index is 0.00515. The molecule has 4 amide bonds. The number of amides is 4. The van der Waals surface area contributed by atoms with E-state index in [9.17, 15) is 49.5 Å². The lowest BCUT2D eigenvalue weighted by molar-refractivity contribution is -0.274. The van der Waals surface area contributed by atoms with E-state index >= 15 is 0 Å². The Labute approximate surface area is 350 Å². The van der Waals surface area contributed by atoms with E-state index in [0.29, 0.717) is 60.6 Å². The van der Waals surface area contributed by atoms with Gasteiger partial charge in [-0.1, -0.05) is 25.0 Å². The molecule has 2 aliphatic carbocycles. The number of sulfonamides is 1. The van der Waals surface area contributed by atoms with Crippen molar-refractivity contribution in [1.29, 1.82) is 0 Å². The number of nitrogens with one attached hydrogen (secondary N) is 3. The van der Waals surface area contributed by atoms with Gasteiger partial charge >= 0.3 is 6.36 Å². The van der Waals surface area contributed by atoms with E-state index in [4.69, 9.17) is 4.74 Å². The summed E-state index contributed by atoms with van der Waals surface area (Å²) in [6.07, 6.45) is 0.458. The van der Waals surface area contributed by atoms with Crippen molar-refractivity contribution >= 4 is 66.7 Å². The highest BCUT2D eigenvalue weighted by molar-refractivity contribution is 7.91. The molecule has 4 aliphatic rings. The maximum Gasteiger partial charge on any atom is 0.573 e. The first-order valence-corrected chi connectivity index (χ1v) is 22.0. The summed E-state index contributed by atoms with van der Waals surface area (Å²) in [7, 11) is -4.11. The quantitative estimate of drug-likeness (QED) is 0.106. The average Bonchev–Trinajstić information content (AvgIpc) is 3.99. The van der Waals surface area contributed by atoms with Crippen molar-refractivity contribution < 1.29 is 59.0 Å². The second-order valence-corrected chi connectivity index (χ2v) is 19.4. The van der Waals surface area contributed by atoms with E-state index < -0.39 is 91.1 Å². The number of fused-ring (bicyclic) bond motifs is 5. The molecule has 4 heterocycles. The van der Waals surface area contributed by atoms with Gasteiger partial charge in [0, 0.05) is 29.2 Å². The van der Waals surface area contributed by atoms with Crippen LogP contribution < -0.4 is 24.8 Å². The molecule has 20 heteroatoms. The third-order valence-corrected chi connectivity index (χ3v) is 14.8. The highest BCUT2D eigenvalue weighted by Crippen LogP contribution is 2.48. The molecular formula is C41H40F5N5O8S2. The van der Waals surface area contributed by atoms with Gasteiger partial charge in [-0.3, -0.25) is 23.9 Å². The fourth-order valence-corrected chi connectivity index (χ4v) is 9.93. The lowest BCUT2D eigenvalue weighted by atomic mass is 10.0. The predicted molar refractivity (Wildman–Crippen MR) is 212 cm³/mol. The van der Waals surface area contributed by atoms with Crippen molar-refractivity contribution in [2.75, 3.05) is 6.54 Å². The van der Waals surface area contributed by atoms with Gasteiger partial charge in [-0.2, -0.15) is 4.39 Å². The molecule has 2 aromatic carbocycles. The zero-order valence-electron chi connectivity index (χ0n) is 32.5. The predicted octanol–water partition coefficient (Wildman–Crippen LogP) is 6.17. The summed E-state index contributed by atoms with van der Waals surface area (Å²) in [6.45, 7) is 1.19. The third kappa shape index (κ3) is 8.73. The van der Waals surface area contributed by atoms with Crippen molar-refractivity contribution in [2.45, 2.75) is 99.5 Å². The van der Waals surface area contributed by atoms with Crippen LogP contribution in [0.4, 0.5) is 22.0 Å². The van der Waals surface area contributed by atoms with Gasteiger partial charge in [-0.15, -0.1) is 24.5 Å². The van der Waals surface area contributed by atoms with Crippen LogP contribution in [0.5, 0.6) is 11.6 Å². The van der Waals surface area contributed by atoms with Crippen molar-refractivity contribution in [3.8, 4) is 11.6 Å². The number of rotatable bonds is 8. The first-order chi connectivity index (χ1) is 28.8. The van der Waals surface area contributed by atoms with Crippen LogP contribution in [-0.4, -0.2) is 83.3 Å². The number of nitrogens with zero attached hydrogens (tertiary/aromatic N) is 2. The number of carbonyl (C=O) groups excluding carboxylic acids is 4.